The van der Waals surface area contributed by atoms with Gasteiger partial charge in [0.2, 0.25) is 0 Å². The molecule has 5 nitrogen and oxygen atoms in total. The maximum atomic E-state index is 12.7. The highest BCUT2D eigenvalue weighted by atomic mass is 16.5. The van der Waals surface area contributed by atoms with Crippen LogP contribution in [0, 0.1) is 0 Å². The number of rotatable bonds is 2. The molecule has 1 amide bonds. The summed E-state index contributed by atoms with van der Waals surface area (Å²) in [5.74, 6) is 0.692. The summed E-state index contributed by atoms with van der Waals surface area (Å²) in [5.41, 5.74) is 3.06. The van der Waals surface area contributed by atoms with Gasteiger partial charge in [0, 0.05) is 24.1 Å². The van der Waals surface area contributed by atoms with Gasteiger partial charge in [-0.1, -0.05) is 6.07 Å². The van der Waals surface area contributed by atoms with E-state index in [0.717, 1.165) is 41.7 Å². The molecule has 0 atom stereocenters. The predicted octanol–water partition coefficient (Wildman–Crippen LogP) is 3.12. The van der Waals surface area contributed by atoms with Crippen LogP contribution in [0.25, 0.3) is 10.9 Å². The van der Waals surface area contributed by atoms with Gasteiger partial charge in [0.1, 0.15) is 5.75 Å². The van der Waals surface area contributed by atoms with Crippen molar-refractivity contribution in [2.45, 2.75) is 12.8 Å². The first-order valence-electron chi connectivity index (χ1n) is 8.29. The standard InChI is InChI=1S/C20H18N2O3/c1-22-17-6-2-5-16(15(17)8-10-19(22)23)21-20(24)14-7-9-18-13(12-14)4-3-11-25-18/h2,5-10,12H,3-4,11H2,1H3,(H,21,24). The highest BCUT2D eigenvalue weighted by Crippen LogP contribution is 2.27. The van der Waals surface area contributed by atoms with Gasteiger partial charge in [-0.25, -0.2) is 0 Å². The van der Waals surface area contributed by atoms with Gasteiger partial charge >= 0.3 is 0 Å². The maximum absolute atomic E-state index is 12.7. The van der Waals surface area contributed by atoms with E-state index in [1.54, 1.807) is 23.7 Å². The average molecular weight is 334 g/mol. The molecule has 4 rings (SSSR count). The van der Waals surface area contributed by atoms with E-state index >= 15 is 0 Å². The van der Waals surface area contributed by atoms with E-state index < -0.39 is 0 Å². The molecule has 1 N–H and O–H groups in total. The van der Waals surface area contributed by atoms with Crippen LogP contribution in [0.3, 0.4) is 0 Å². The Hall–Kier alpha value is -3.08. The quantitative estimate of drug-likeness (QED) is 0.783. The Labute approximate surface area is 144 Å². The number of carbonyl (C=O) groups is 1. The van der Waals surface area contributed by atoms with Gasteiger partial charge < -0.3 is 14.6 Å². The lowest BCUT2D eigenvalue weighted by atomic mass is 10.0. The molecule has 1 aliphatic heterocycles. The zero-order valence-electron chi connectivity index (χ0n) is 13.9. The molecule has 0 saturated heterocycles. The molecular formula is C20H18N2O3. The van der Waals surface area contributed by atoms with Crippen molar-refractivity contribution in [3.8, 4) is 5.75 Å². The third kappa shape index (κ3) is 2.78. The van der Waals surface area contributed by atoms with Gasteiger partial charge in [0.05, 0.1) is 17.8 Å². The number of aromatic nitrogens is 1. The Balaban J connectivity index is 1.68. The molecule has 0 radical (unpaired) electrons. The summed E-state index contributed by atoms with van der Waals surface area (Å²) in [6.45, 7) is 0.729. The SMILES string of the molecule is Cn1c(=O)ccc2c(NC(=O)c3ccc4c(c3)CCCO4)cccc21. The topological polar surface area (TPSA) is 60.3 Å². The molecule has 5 heteroatoms. The predicted molar refractivity (Wildman–Crippen MR) is 97.4 cm³/mol. The summed E-state index contributed by atoms with van der Waals surface area (Å²) in [6, 6.07) is 14.3. The Morgan fingerprint density at radius 2 is 2.04 bits per heavy atom. The molecule has 0 fully saturated rings. The van der Waals surface area contributed by atoms with Crippen molar-refractivity contribution < 1.29 is 9.53 Å². The van der Waals surface area contributed by atoms with Crippen molar-refractivity contribution in [2.24, 2.45) is 7.05 Å². The minimum atomic E-state index is -0.172. The van der Waals surface area contributed by atoms with Crippen molar-refractivity contribution in [1.82, 2.24) is 4.57 Å². The second kappa shape index (κ2) is 6.09. The average Bonchev–Trinajstić information content (AvgIpc) is 2.64. The first-order chi connectivity index (χ1) is 12.1. The van der Waals surface area contributed by atoms with E-state index in [2.05, 4.69) is 5.32 Å². The Morgan fingerprint density at radius 3 is 2.92 bits per heavy atom. The van der Waals surface area contributed by atoms with Gasteiger partial charge in [-0.15, -0.1) is 0 Å². The van der Waals surface area contributed by atoms with Crippen LogP contribution in [-0.2, 0) is 13.5 Å². The van der Waals surface area contributed by atoms with E-state index in [-0.39, 0.29) is 11.5 Å². The number of ether oxygens (including phenoxy) is 1. The fourth-order valence-electron chi connectivity index (χ4n) is 3.21. The lowest BCUT2D eigenvalue weighted by Crippen LogP contribution is -2.17. The van der Waals surface area contributed by atoms with Crippen LogP contribution < -0.4 is 15.6 Å². The molecule has 3 aromatic rings. The van der Waals surface area contributed by atoms with Crippen molar-refractivity contribution in [3.63, 3.8) is 0 Å². The fourth-order valence-corrected chi connectivity index (χ4v) is 3.21. The number of nitrogens with one attached hydrogen (secondary N) is 1. The normalized spacial score (nSPS) is 13.2. The van der Waals surface area contributed by atoms with E-state index in [4.69, 9.17) is 4.74 Å². The third-order valence-electron chi connectivity index (χ3n) is 4.59. The van der Waals surface area contributed by atoms with Crippen LogP contribution in [0.4, 0.5) is 5.69 Å². The monoisotopic (exact) mass is 334 g/mol. The van der Waals surface area contributed by atoms with E-state index in [0.29, 0.717) is 11.3 Å². The summed E-state index contributed by atoms with van der Waals surface area (Å²) >= 11 is 0. The molecule has 126 valence electrons. The van der Waals surface area contributed by atoms with Crippen LogP contribution in [0.2, 0.25) is 0 Å². The molecule has 0 aliphatic carbocycles. The number of hydrogen-bond donors (Lipinski definition) is 1. The molecule has 0 spiro atoms. The van der Waals surface area contributed by atoms with Crippen LogP contribution >= 0.6 is 0 Å². The smallest absolute Gasteiger partial charge is 0.255 e. The van der Waals surface area contributed by atoms with E-state index in [1.165, 1.54) is 6.07 Å². The minimum absolute atomic E-state index is 0.0781. The van der Waals surface area contributed by atoms with Gasteiger partial charge in [0.15, 0.2) is 0 Å². The van der Waals surface area contributed by atoms with Gasteiger partial charge in [-0.05, 0) is 54.8 Å². The minimum Gasteiger partial charge on any atom is -0.493 e. The number of anilines is 1. The summed E-state index contributed by atoms with van der Waals surface area (Å²) in [7, 11) is 1.72. The van der Waals surface area contributed by atoms with Gasteiger partial charge in [0.25, 0.3) is 11.5 Å². The number of amides is 1. The summed E-state index contributed by atoms with van der Waals surface area (Å²) in [6.07, 6.45) is 1.89. The van der Waals surface area contributed by atoms with E-state index in [9.17, 15) is 9.59 Å². The lowest BCUT2D eigenvalue weighted by Gasteiger charge is -2.18. The summed E-state index contributed by atoms with van der Waals surface area (Å²) in [4.78, 5) is 24.5. The zero-order chi connectivity index (χ0) is 17.4. The van der Waals surface area contributed by atoms with Crippen LogP contribution in [0.5, 0.6) is 5.75 Å². The van der Waals surface area contributed by atoms with Crippen LogP contribution in [0.1, 0.15) is 22.3 Å². The first-order valence-corrected chi connectivity index (χ1v) is 8.29. The van der Waals surface area contributed by atoms with E-state index in [1.807, 2.05) is 30.3 Å². The third-order valence-corrected chi connectivity index (χ3v) is 4.59. The van der Waals surface area contributed by atoms with Crippen molar-refractivity contribution >= 4 is 22.5 Å². The molecule has 25 heavy (non-hydrogen) atoms. The second-order valence-electron chi connectivity index (χ2n) is 6.20. The Kier molecular flexibility index (Phi) is 3.76. The zero-order valence-corrected chi connectivity index (χ0v) is 13.9. The highest BCUT2D eigenvalue weighted by molar-refractivity contribution is 6.08. The molecular weight excluding hydrogens is 316 g/mol. The van der Waals surface area contributed by atoms with Gasteiger partial charge in [-0.2, -0.15) is 0 Å². The lowest BCUT2D eigenvalue weighted by molar-refractivity contribution is 0.102. The van der Waals surface area contributed by atoms with Crippen molar-refractivity contribution in [1.29, 1.82) is 0 Å². The molecule has 2 heterocycles. The number of fused-ring (bicyclic) bond motifs is 2. The molecule has 1 aromatic heterocycles. The number of pyridine rings is 1. The fraction of sp³-hybridized carbons (Fsp3) is 0.200. The number of carbonyl (C=O) groups excluding carboxylic acids is 1. The molecule has 1 aliphatic rings. The molecule has 0 bridgehead atoms. The van der Waals surface area contributed by atoms with Crippen LogP contribution in [-0.4, -0.2) is 17.1 Å². The number of benzene rings is 2. The molecule has 0 saturated carbocycles. The Bertz CT molecular complexity index is 1040. The summed E-state index contributed by atoms with van der Waals surface area (Å²) < 4.78 is 7.17. The molecule has 0 unspecified atom stereocenters. The highest BCUT2D eigenvalue weighted by Gasteiger charge is 2.15. The Morgan fingerprint density at radius 1 is 1.16 bits per heavy atom. The van der Waals surface area contributed by atoms with Crippen molar-refractivity contribution in [2.75, 3.05) is 11.9 Å². The maximum Gasteiger partial charge on any atom is 0.255 e. The van der Waals surface area contributed by atoms with Crippen molar-refractivity contribution in [3.05, 3.63) is 70.0 Å². The first kappa shape index (κ1) is 15.4. The molecule has 2 aromatic carbocycles. The van der Waals surface area contributed by atoms with Gasteiger partial charge in [-0.3, -0.25) is 9.59 Å². The number of nitrogens with zero attached hydrogens (tertiary/aromatic N) is 1. The number of hydrogen-bond acceptors (Lipinski definition) is 3. The van der Waals surface area contributed by atoms with Crippen LogP contribution in [0.15, 0.2) is 53.3 Å². The largest absolute Gasteiger partial charge is 0.493 e. The number of aryl methyl sites for hydroxylation is 2. The second-order valence-corrected chi connectivity index (χ2v) is 6.20. The summed E-state index contributed by atoms with van der Waals surface area (Å²) in [5, 5.41) is 3.79.